The van der Waals surface area contributed by atoms with Crippen molar-refractivity contribution < 1.29 is 8.78 Å². The molecule has 1 atom stereocenters. The Hall–Kier alpha value is -3.46. The van der Waals surface area contributed by atoms with E-state index in [4.69, 9.17) is 0 Å². The summed E-state index contributed by atoms with van der Waals surface area (Å²) < 4.78 is 31.5. The number of aryl methyl sites for hydroxylation is 1. The molecule has 3 aromatic heterocycles. The van der Waals surface area contributed by atoms with Crippen molar-refractivity contribution in [1.82, 2.24) is 29.0 Å². The van der Waals surface area contributed by atoms with Gasteiger partial charge in [0.2, 0.25) is 0 Å². The minimum Gasteiger partial charge on any atom is -0.320 e. The molecule has 0 radical (unpaired) electrons. The van der Waals surface area contributed by atoms with Crippen LogP contribution < -0.4 is 5.56 Å². The number of likely N-dealkylation sites (tertiary alicyclic amines) is 1. The molecule has 2 fully saturated rings. The third-order valence-electron chi connectivity index (χ3n) is 8.53. The molecule has 4 heterocycles. The summed E-state index contributed by atoms with van der Waals surface area (Å²) >= 11 is 0. The number of benzene rings is 1. The number of alkyl halides is 2. The minimum atomic E-state index is -2.73. The van der Waals surface area contributed by atoms with Gasteiger partial charge in [0.15, 0.2) is 0 Å². The van der Waals surface area contributed by atoms with Crippen LogP contribution in [0.2, 0.25) is 0 Å². The SMILES string of the molecule is CC1CC(c2cccc(-c3cnc4c(C(F)F)cc(CN5CCC[C@H](C)C5)cn4c3=O)c2)(c2nncn2C)C1. The highest BCUT2D eigenvalue weighted by atomic mass is 19.3. The second-order valence-corrected chi connectivity index (χ2v) is 11.7. The molecule has 4 aromatic rings. The average molecular weight is 533 g/mol. The summed E-state index contributed by atoms with van der Waals surface area (Å²) in [5, 5.41) is 8.54. The zero-order valence-electron chi connectivity index (χ0n) is 22.6. The number of hydrogen-bond donors (Lipinski definition) is 0. The molecule has 9 heteroatoms. The van der Waals surface area contributed by atoms with Gasteiger partial charge in [0.1, 0.15) is 17.8 Å². The van der Waals surface area contributed by atoms with Gasteiger partial charge in [-0.1, -0.05) is 32.0 Å². The van der Waals surface area contributed by atoms with Gasteiger partial charge in [-0.3, -0.25) is 14.1 Å². The standard InChI is InChI=1S/C30H34F2N6O/c1-19-6-5-9-37(15-19)16-21-10-24(26(31)32)27-33-14-25(28(39)38(27)17-21)22-7-4-8-23(11-22)30(12-20(2)13-30)29-35-34-18-36(29)3/h4,7-8,10-11,14,17-20,26H,5-6,9,12-13,15-16H2,1-3H3/t19-,20?,30?/m0/s1. The second-order valence-electron chi connectivity index (χ2n) is 11.7. The van der Waals surface area contributed by atoms with Gasteiger partial charge in [-0.2, -0.15) is 0 Å². The quantitative estimate of drug-likeness (QED) is 0.334. The fourth-order valence-corrected chi connectivity index (χ4v) is 6.78. The van der Waals surface area contributed by atoms with E-state index in [1.54, 1.807) is 12.5 Å². The number of halogens is 2. The van der Waals surface area contributed by atoms with Gasteiger partial charge < -0.3 is 4.57 Å². The zero-order chi connectivity index (χ0) is 27.3. The third kappa shape index (κ3) is 4.56. The summed E-state index contributed by atoms with van der Waals surface area (Å²) in [5.74, 6) is 2.03. The predicted molar refractivity (Wildman–Crippen MR) is 146 cm³/mol. The summed E-state index contributed by atoms with van der Waals surface area (Å²) in [6, 6.07) is 9.43. The molecule has 0 unspecified atom stereocenters. The van der Waals surface area contributed by atoms with Crippen molar-refractivity contribution >= 4 is 5.65 Å². The molecule has 0 spiro atoms. The second kappa shape index (κ2) is 9.93. The molecule has 1 saturated heterocycles. The Balaban J connectivity index is 1.43. The maximum Gasteiger partial charge on any atom is 0.267 e. The van der Waals surface area contributed by atoms with E-state index in [1.165, 1.54) is 23.1 Å². The van der Waals surface area contributed by atoms with E-state index in [0.717, 1.165) is 43.7 Å². The van der Waals surface area contributed by atoms with Crippen LogP contribution in [0.3, 0.4) is 0 Å². The van der Waals surface area contributed by atoms with Crippen molar-refractivity contribution in [2.45, 2.75) is 57.9 Å². The van der Waals surface area contributed by atoms with Crippen LogP contribution in [0.4, 0.5) is 8.78 Å². The Bertz CT molecular complexity index is 1570. The molecule has 1 aromatic carbocycles. The Kier molecular flexibility index (Phi) is 6.57. The van der Waals surface area contributed by atoms with Gasteiger partial charge in [0, 0.05) is 32.5 Å². The summed E-state index contributed by atoms with van der Waals surface area (Å²) in [4.78, 5) is 20.5. The average Bonchev–Trinajstić information content (AvgIpc) is 3.32. The van der Waals surface area contributed by atoms with Gasteiger partial charge in [-0.25, -0.2) is 13.8 Å². The first-order chi connectivity index (χ1) is 18.7. The lowest BCUT2D eigenvalue weighted by molar-refractivity contribution is 0.151. The number of aromatic nitrogens is 5. The highest BCUT2D eigenvalue weighted by molar-refractivity contribution is 5.65. The van der Waals surface area contributed by atoms with Gasteiger partial charge in [-0.05, 0) is 72.9 Å². The topological polar surface area (TPSA) is 68.3 Å². The smallest absolute Gasteiger partial charge is 0.267 e. The predicted octanol–water partition coefficient (Wildman–Crippen LogP) is 5.38. The number of piperidine rings is 1. The molecule has 0 bridgehead atoms. The molecular weight excluding hydrogens is 498 g/mol. The van der Waals surface area contributed by atoms with Crippen LogP contribution >= 0.6 is 0 Å². The molecule has 2 aliphatic rings. The van der Waals surface area contributed by atoms with Gasteiger partial charge in [0.25, 0.3) is 12.0 Å². The molecular formula is C30H34F2N6O. The molecule has 1 saturated carbocycles. The third-order valence-corrected chi connectivity index (χ3v) is 8.53. The summed E-state index contributed by atoms with van der Waals surface area (Å²) in [6.07, 6.45) is 6.26. The number of rotatable bonds is 6. The van der Waals surface area contributed by atoms with Crippen LogP contribution in [0.25, 0.3) is 16.8 Å². The molecule has 1 aliphatic carbocycles. The zero-order valence-corrected chi connectivity index (χ0v) is 22.6. The van der Waals surface area contributed by atoms with Crippen LogP contribution in [0.1, 0.15) is 68.5 Å². The van der Waals surface area contributed by atoms with Crippen LogP contribution in [0.5, 0.6) is 0 Å². The summed E-state index contributed by atoms with van der Waals surface area (Å²) in [6.45, 7) is 6.82. The largest absolute Gasteiger partial charge is 0.320 e. The van der Waals surface area contributed by atoms with Gasteiger partial charge in [0.05, 0.1) is 16.5 Å². The van der Waals surface area contributed by atoms with E-state index in [0.29, 0.717) is 35.1 Å². The van der Waals surface area contributed by atoms with E-state index in [-0.39, 0.29) is 22.2 Å². The summed E-state index contributed by atoms with van der Waals surface area (Å²) in [5.41, 5.74) is 2.05. The van der Waals surface area contributed by atoms with Crippen molar-refractivity contribution in [2.24, 2.45) is 18.9 Å². The lowest BCUT2D eigenvalue weighted by Gasteiger charge is -2.46. The molecule has 7 nitrogen and oxygen atoms in total. The van der Waals surface area contributed by atoms with Gasteiger partial charge in [-0.15, -0.1) is 10.2 Å². The monoisotopic (exact) mass is 532 g/mol. The Morgan fingerprint density at radius 1 is 1.15 bits per heavy atom. The lowest BCUT2D eigenvalue weighted by Crippen LogP contribution is -2.43. The van der Waals surface area contributed by atoms with Crippen molar-refractivity contribution in [1.29, 1.82) is 0 Å². The Morgan fingerprint density at radius 2 is 1.97 bits per heavy atom. The molecule has 39 heavy (non-hydrogen) atoms. The Labute approximate surface area is 226 Å². The molecule has 1 aliphatic heterocycles. The van der Waals surface area contributed by atoms with E-state index in [9.17, 15) is 13.6 Å². The minimum absolute atomic E-state index is 0.00837. The van der Waals surface area contributed by atoms with Crippen LogP contribution in [-0.2, 0) is 19.0 Å². The normalized spacial score (nSPS) is 23.8. The van der Waals surface area contributed by atoms with Crippen molar-refractivity contribution in [2.75, 3.05) is 13.1 Å². The fraction of sp³-hybridized carbons (Fsp3) is 0.467. The molecule has 204 valence electrons. The fourth-order valence-electron chi connectivity index (χ4n) is 6.78. The van der Waals surface area contributed by atoms with Crippen LogP contribution in [0, 0.1) is 11.8 Å². The van der Waals surface area contributed by atoms with Crippen LogP contribution in [-0.4, -0.2) is 42.1 Å². The lowest BCUT2D eigenvalue weighted by atomic mass is 9.58. The Morgan fingerprint density at radius 3 is 2.67 bits per heavy atom. The molecule has 0 amide bonds. The van der Waals surface area contributed by atoms with Crippen molar-refractivity contribution in [3.05, 3.63) is 81.9 Å². The summed E-state index contributed by atoms with van der Waals surface area (Å²) in [7, 11) is 1.95. The number of nitrogens with zero attached hydrogens (tertiary/aromatic N) is 6. The number of fused-ring (bicyclic) bond motifs is 1. The highest BCUT2D eigenvalue weighted by Gasteiger charge is 2.48. The first kappa shape index (κ1) is 25.8. The highest BCUT2D eigenvalue weighted by Crippen LogP contribution is 2.51. The molecule has 0 N–H and O–H groups in total. The first-order valence-electron chi connectivity index (χ1n) is 13.8. The maximum atomic E-state index is 14.1. The van der Waals surface area contributed by atoms with E-state index < -0.39 is 6.43 Å². The van der Waals surface area contributed by atoms with Crippen LogP contribution in [0.15, 0.2) is 53.8 Å². The molecule has 6 rings (SSSR count). The number of hydrogen-bond acceptors (Lipinski definition) is 5. The van der Waals surface area contributed by atoms with Gasteiger partial charge >= 0.3 is 0 Å². The van der Waals surface area contributed by atoms with E-state index in [1.807, 2.05) is 29.8 Å². The van der Waals surface area contributed by atoms with E-state index in [2.05, 4.69) is 40.0 Å². The van der Waals surface area contributed by atoms with Crippen molar-refractivity contribution in [3.63, 3.8) is 0 Å². The number of pyridine rings is 1. The van der Waals surface area contributed by atoms with Crippen molar-refractivity contribution in [3.8, 4) is 11.1 Å². The maximum absolute atomic E-state index is 14.1. The van der Waals surface area contributed by atoms with E-state index >= 15 is 0 Å². The first-order valence-corrected chi connectivity index (χ1v) is 13.8.